The molecule has 1 rings (SSSR count). The Bertz CT molecular complexity index is 471. The second-order valence-electron chi connectivity index (χ2n) is 3.48. The average molecular weight is 328 g/mol. The van der Waals surface area contributed by atoms with E-state index in [0.717, 1.165) is 15.1 Å². The van der Waals surface area contributed by atoms with Gasteiger partial charge in [-0.15, -0.1) is 18.2 Å². The van der Waals surface area contributed by atoms with Crippen molar-refractivity contribution in [2.45, 2.75) is 17.1 Å². The van der Waals surface area contributed by atoms with Crippen LogP contribution in [0.3, 0.4) is 0 Å². The van der Waals surface area contributed by atoms with E-state index in [9.17, 15) is 4.79 Å². The predicted molar refractivity (Wildman–Crippen MR) is 77.9 cm³/mol. The number of methoxy groups -OCH3 is 1. The van der Waals surface area contributed by atoms with Crippen LogP contribution < -0.4 is 10.1 Å². The number of thioether (sulfide) groups is 1. The third kappa shape index (κ3) is 4.28. The van der Waals surface area contributed by atoms with Gasteiger partial charge in [0.2, 0.25) is 5.91 Å². The molecule has 0 spiro atoms. The molecule has 0 heterocycles. The van der Waals surface area contributed by atoms with Gasteiger partial charge in [-0.25, -0.2) is 0 Å². The highest BCUT2D eigenvalue weighted by molar-refractivity contribution is 9.10. The lowest BCUT2D eigenvalue weighted by Gasteiger charge is -2.13. The fraction of sp³-hybridized carbons (Fsp3) is 0.308. The van der Waals surface area contributed by atoms with Crippen LogP contribution in [0.4, 0.5) is 0 Å². The van der Waals surface area contributed by atoms with Crippen molar-refractivity contribution in [3.8, 4) is 18.1 Å². The van der Waals surface area contributed by atoms with E-state index < -0.39 is 0 Å². The maximum Gasteiger partial charge on any atom is 0.233 e. The normalized spacial score (nSPS) is 11.4. The van der Waals surface area contributed by atoms with Crippen molar-refractivity contribution in [1.82, 2.24) is 5.32 Å². The summed E-state index contributed by atoms with van der Waals surface area (Å²) in [5, 5.41) is 2.42. The molecule has 1 atom stereocenters. The van der Waals surface area contributed by atoms with Gasteiger partial charge in [-0.3, -0.25) is 4.79 Å². The van der Waals surface area contributed by atoms with Crippen molar-refractivity contribution in [3.63, 3.8) is 0 Å². The fourth-order valence-electron chi connectivity index (χ4n) is 1.27. The van der Waals surface area contributed by atoms with E-state index in [1.165, 1.54) is 11.8 Å². The molecule has 3 nitrogen and oxygen atoms in total. The second-order valence-corrected chi connectivity index (χ2v) is 5.78. The summed E-state index contributed by atoms with van der Waals surface area (Å²) in [5.41, 5.74) is 0. The molecule has 1 amide bonds. The van der Waals surface area contributed by atoms with E-state index in [2.05, 4.69) is 27.2 Å². The molecule has 96 valence electrons. The van der Waals surface area contributed by atoms with Gasteiger partial charge in [0.1, 0.15) is 5.75 Å². The zero-order valence-electron chi connectivity index (χ0n) is 10.2. The molecule has 0 unspecified atom stereocenters. The lowest BCUT2D eigenvalue weighted by atomic mass is 10.3. The summed E-state index contributed by atoms with van der Waals surface area (Å²) < 4.78 is 6.20. The van der Waals surface area contributed by atoms with Crippen molar-refractivity contribution in [2.75, 3.05) is 13.7 Å². The van der Waals surface area contributed by atoms with Crippen LogP contribution in [0.1, 0.15) is 6.92 Å². The molecule has 18 heavy (non-hydrogen) atoms. The van der Waals surface area contributed by atoms with Gasteiger partial charge < -0.3 is 10.1 Å². The number of halogens is 1. The number of benzene rings is 1. The Labute approximate surface area is 120 Å². The molecule has 0 saturated carbocycles. The first-order chi connectivity index (χ1) is 8.58. The van der Waals surface area contributed by atoms with E-state index in [1.54, 1.807) is 7.11 Å². The third-order valence-corrected chi connectivity index (χ3v) is 3.80. The standard InChI is InChI=1S/C13H14BrNO2S/c1-4-7-15-13(16)9(2)18-12-8-10(14)5-6-11(12)17-3/h1,5-6,8-9H,7H2,2-3H3,(H,15,16)/t9-/m0/s1. The monoisotopic (exact) mass is 327 g/mol. The molecule has 0 aliphatic carbocycles. The van der Waals surface area contributed by atoms with Crippen molar-refractivity contribution in [3.05, 3.63) is 22.7 Å². The Hall–Kier alpha value is -1.12. The van der Waals surface area contributed by atoms with Crippen LogP contribution in [-0.4, -0.2) is 24.8 Å². The summed E-state index contributed by atoms with van der Waals surface area (Å²) >= 11 is 4.83. The molecule has 0 aromatic heterocycles. The molecule has 0 saturated heterocycles. The summed E-state index contributed by atoms with van der Waals surface area (Å²) in [6.45, 7) is 2.08. The van der Waals surface area contributed by atoms with Gasteiger partial charge in [0.05, 0.1) is 23.8 Å². The molecule has 5 heteroatoms. The number of nitrogens with one attached hydrogen (secondary N) is 1. The first-order valence-corrected chi connectivity index (χ1v) is 6.97. The van der Waals surface area contributed by atoms with E-state index in [0.29, 0.717) is 0 Å². The minimum absolute atomic E-state index is 0.0834. The largest absolute Gasteiger partial charge is 0.496 e. The highest BCUT2D eigenvalue weighted by atomic mass is 79.9. The lowest BCUT2D eigenvalue weighted by molar-refractivity contribution is -0.120. The third-order valence-electron chi connectivity index (χ3n) is 2.16. The molecule has 1 aromatic carbocycles. The molecule has 0 bridgehead atoms. The highest BCUT2D eigenvalue weighted by Crippen LogP contribution is 2.34. The van der Waals surface area contributed by atoms with Gasteiger partial charge in [0.15, 0.2) is 0 Å². The number of carbonyl (C=O) groups excluding carboxylic acids is 1. The van der Waals surface area contributed by atoms with Gasteiger partial charge in [0, 0.05) is 4.47 Å². The Balaban J connectivity index is 2.75. The van der Waals surface area contributed by atoms with Gasteiger partial charge in [-0.2, -0.15) is 0 Å². The van der Waals surface area contributed by atoms with Crippen LogP contribution in [0.25, 0.3) is 0 Å². The van der Waals surface area contributed by atoms with Gasteiger partial charge in [0.25, 0.3) is 0 Å². The van der Waals surface area contributed by atoms with Crippen LogP contribution in [-0.2, 0) is 4.79 Å². The molecule has 0 aliphatic rings. The molecule has 0 aliphatic heterocycles. The minimum atomic E-state index is -0.235. The summed E-state index contributed by atoms with van der Waals surface area (Å²) in [6, 6.07) is 5.68. The van der Waals surface area contributed by atoms with Crippen LogP contribution in [0, 0.1) is 12.3 Å². The van der Waals surface area contributed by atoms with Crippen LogP contribution >= 0.6 is 27.7 Å². The smallest absolute Gasteiger partial charge is 0.233 e. The minimum Gasteiger partial charge on any atom is -0.496 e. The van der Waals surface area contributed by atoms with Crippen molar-refractivity contribution in [2.24, 2.45) is 0 Å². The van der Waals surface area contributed by atoms with Crippen molar-refractivity contribution >= 4 is 33.6 Å². The number of ether oxygens (including phenoxy) is 1. The number of hydrogen-bond donors (Lipinski definition) is 1. The average Bonchev–Trinajstić information content (AvgIpc) is 2.36. The number of amides is 1. The molecular weight excluding hydrogens is 314 g/mol. The Morgan fingerprint density at radius 3 is 3.00 bits per heavy atom. The first kappa shape index (κ1) is 14.9. The Morgan fingerprint density at radius 1 is 1.67 bits per heavy atom. The van der Waals surface area contributed by atoms with E-state index in [-0.39, 0.29) is 17.7 Å². The summed E-state index contributed by atoms with van der Waals surface area (Å²) in [7, 11) is 1.61. The molecule has 0 fully saturated rings. The SMILES string of the molecule is C#CCNC(=O)[C@H](C)Sc1cc(Br)ccc1OC. The number of terminal acetylenes is 1. The molecule has 1 N–H and O–H groups in total. The Morgan fingerprint density at radius 2 is 2.39 bits per heavy atom. The van der Waals surface area contributed by atoms with Crippen LogP contribution in [0.2, 0.25) is 0 Å². The van der Waals surface area contributed by atoms with E-state index >= 15 is 0 Å². The second kappa shape index (κ2) is 7.34. The van der Waals surface area contributed by atoms with Crippen molar-refractivity contribution in [1.29, 1.82) is 0 Å². The summed E-state index contributed by atoms with van der Waals surface area (Å²) in [5.74, 6) is 3.04. The maximum absolute atomic E-state index is 11.7. The number of hydrogen-bond acceptors (Lipinski definition) is 3. The summed E-state index contributed by atoms with van der Waals surface area (Å²) in [6.07, 6.45) is 5.10. The molecule has 1 aromatic rings. The topological polar surface area (TPSA) is 38.3 Å². The summed E-state index contributed by atoms with van der Waals surface area (Å²) in [4.78, 5) is 12.6. The maximum atomic E-state index is 11.7. The van der Waals surface area contributed by atoms with Crippen LogP contribution in [0.5, 0.6) is 5.75 Å². The predicted octanol–water partition coefficient (Wildman–Crippen LogP) is 2.69. The Kier molecular flexibility index (Phi) is 6.10. The van der Waals surface area contributed by atoms with Gasteiger partial charge in [-0.1, -0.05) is 21.9 Å². The molecule has 0 radical (unpaired) electrons. The van der Waals surface area contributed by atoms with Crippen molar-refractivity contribution < 1.29 is 9.53 Å². The zero-order chi connectivity index (χ0) is 13.5. The van der Waals surface area contributed by atoms with Gasteiger partial charge >= 0.3 is 0 Å². The van der Waals surface area contributed by atoms with Crippen LogP contribution in [0.15, 0.2) is 27.6 Å². The number of rotatable bonds is 5. The first-order valence-electron chi connectivity index (χ1n) is 5.30. The van der Waals surface area contributed by atoms with E-state index in [4.69, 9.17) is 11.2 Å². The lowest BCUT2D eigenvalue weighted by Crippen LogP contribution is -2.31. The molecular formula is C13H14BrNO2S. The van der Waals surface area contributed by atoms with Gasteiger partial charge in [-0.05, 0) is 25.1 Å². The quantitative estimate of drug-likeness (QED) is 0.667. The number of carbonyl (C=O) groups is 1. The highest BCUT2D eigenvalue weighted by Gasteiger charge is 2.16. The zero-order valence-corrected chi connectivity index (χ0v) is 12.6. The fourth-order valence-corrected chi connectivity index (χ4v) is 2.81. The van der Waals surface area contributed by atoms with E-state index in [1.807, 2.05) is 25.1 Å².